The highest BCUT2D eigenvalue weighted by molar-refractivity contribution is 7.47. The van der Waals surface area contributed by atoms with Gasteiger partial charge in [0.25, 0.3) is 0 Å². The van der Waals surface area contributed by atoms with Gasteiger partial charge in [0.15, 0.2) is 12.2 Å². The second-order valence-electron chi connectivity index (χ2n) is 24.2. The van der Waals surface area contributed by atoms with Crippen molar-refractivity contribution in [3.05, 3.63) is 72.9 Å². The van der Waals surface area contributed by atoms with E-state index in [-0.39, 0.29) is 25.7 Å². The van der Waals surface area contributed by atoms with Gasteiger partial charge >= 0.3 is 39.5 Å². The van der Waals surface area contributed by atoms with Gasteiger partial charge in [-0.2, -0.15) is 0 Å². The number of carbonyl (C=O) groups is 4. The van der Waals surface area contributed by atoms with Crippen LogP contribution in [0.3, 0.4) is 0 Å². The summed E-state index contributed by atoms with van der Waals surface area (Å²) >= 11 is 0. The standard InChI is InChI=1S/C73H130O17P2/c1-5-9-13-17-21-25-29-31-33-35-39-42-46-50-54-58-71(76)84-64-69(90-73(78)60-56-52-48-44-40-36-34-32-30-26-22-18-14-10-6-2)66-88-92(81,82)86-62-67(74)61-85-91(79,80)87-65-68(89-72(77)59-55-51-47-43-38-28-24-20-16-12-8-4)63-83-70(75)57-53-49-45-41-37-27-23-19-15-11-7-3/h9,13,19,21-23,25-26,31-34,67-69,74H,5-8,10-12,14-18,20,24,27-30,35-66H2,1-4H3,(H,79,80)(H,81,82)/b13-9-,23-19-,25-21-,26-22-,33-31-,34-32-. The third-order valence-corrected chi connectivity index (χ3v) is 17.1. The molecule has 0 aromatic carbocycles. The summed E-state index contributed by atoms with van der Waals surface area (Å²) in [5.41, 5.74) is 0. The summed E-state index contributed by atoms with van der Waals surface area (Å²) in [7, 11) is -9.93. The van der Waals surface area contributed by atoms with Crippen LogP contribution in [0.15, 0.2) is 72.9 Å². The van der Waals surface area contributed by atoms with Crippen molar-refractivity contribution in [2.24, 2.45) is 0 Å². The highest BCUT2D eigenvalue weighted by Crippen LogP contribution is 2.45. The number of carbonyl (C=O) groups excluding carboxylic acids is 4. The molecule has 3 N–H and O–H groups in total. The fraction of sp³-hybridized carbons (Fsp3) is 0.781. The first-order valence-corrected chi connectivity index (χ1v) is 39.2. The van der Waals surface area contributed by atoms with Crippen molar-refractivity contribution in [3.8, 4) is 0 Å². The zero-order valence-electron chi connectivity index (χ0n) is 58.0. The predicted molar refractivity (Wildman–Crippen MR) is 372 cm³/mol. The van der Waals surface area contributed by atoms with Gasteiger partial charge in [0, 0.05) is 25.7 Å². The van der Waals surface area contributed by atoms with Crippen molar-refractivity contribution < 1.29 is 80.2 Å². The van der Waals surface area contributed by atoms with Crippen LogP contribution in [0, 0.1) is 0 Å². The Morgan fingerprint density at radius 3 is 0.935 bits per heavy atom. The lowest BCUT2D eigenvalue weighted by Crippen LogP contribution is -2.30. The highest BCUT2D eigenvalue weighted by atomic mass is 31.2. The number of phosphoric ester groups is 2. The summed E-state index contributed by atoms with van der Waals surface area (Å²) in [5, 5.41) is 10.6. The Kier molecular flexibility index (Phi) is 63.6. The zero-order valence-corrected chi connectivity index (χ0v) is 59.8. The Labute approximate surface area is 558 Å². The van der Waals surface area contributed by atoms with Crippen LogP contribution in [0.2, 0.25) is 0 Å². The smallest absolute Gasteiger partial charge is 0.462 e. The topological polar surface area (TPSA) is 237 Å². The fourth-order valence-electron chi connectivity index (χ4n) is 9.60. The second kappa shape index (κ2) is 66.1. The number of unbranched alkanes of at least 4 members (excludes halogenated alkanes) is 30. The van der Waals surface area contributed by atoms with E-state index in [0.29, 0.717) is 25.7 Å². The van der Waals surface area contributed by atoms with E-state index in [2.05, 4.69) is 101 Å². The van der Waals surface area contributed by atoms with Crippen LogP contribution in [0.4, 0.5) is 0 Å². The summed E-state index contributed by atoms with van der Waals surface area (Å²) in [6, 6.07) is 0. The van der Waals surface area contributed by atoms with Crippen molar-refractivity contribution in [3.63, 3.8) is 0 Å². The molecule has 0 radical (unpaired) electrons. The fourth-order valence-corrected chi connectivity index (χ4v) is 11.2. The SMILES string of the molecule is CC/C=C\C/C=C\C/C=C\CCCCCCCC(=O)OCC(COP(=O)(O)OCC(O)COP(=O)(O)OCC(COC(=O)CCCCCCC/C=C\CCCC)OC(=O)CCCCCCCCCCCCC)OC(=O)CCCCCCC/C=C\C/C=C\CCCCC. The van der Waals surface area contributed by atoms with Gasteiger partial charge in [0.05, 0.1) is 26.4 Å². The first-order valence-electron chi connectivity index (χ1n) is 36.2. The number of hydrogen-bond acceptors (Lipinski definition) is 15. The van der Waals surface area contributed by atoms with Gasteiger partial charge in [-0.3, -0.25) is 37.3 Å². The minimum absolute atomic E-state index is 0.0769. The van der Waals surface area contributed by atoms with E-state index < -0.39 is 97.5 Å². The summed E-state index contributed by atoms with van der Waals surface area (Å²) in [6.07, 6.45) is 63.4. The molecule has 0 aliphatic heterocycles. The number of ether oxygens (including phenoxy) is 4. The molecular weight excluding hydrogens is 1210 g/mol. The quantitative estimate of drug-likeness (QED) is 0.0169. The Balaban J connectivity index is 5.33. The molecule has 0 saturated carbocycles. The van der Waals surface area contributed by atoms with E-state index in [0.717, 1.165) is 161 Å². The van der Waals surface area contributed by atoms with Gasteiger partial charge in [-0.05, 0) is 109 Å². The molecule has 5 unspecified atom stereocenters. The Bertz CT molecular complexity index is 2040. The van der Waals surface area contributed by atoms with Crippen molar-refractivity contribution in [2.45, 2.75) is 329 Å². The maximum atomic E-state index is 13.0. The summed E-state index contributed by atoms with van der Waals surface area (Å²) < 4.78 is 68.2. The summed E-state index contributed by atoms with van der Waals surface area (Å²) in [5.74, 6) is -2.20. The minimum Gasteiger partial charge on any atom is -0.462 e. The van der Waals surface area contributed by atoms with Crippen LogP contribution < -0.4 is 0 Å². The number of phosphoric acid groups is 2. The van der Waals surface area contributed by atoms with E-state index in [1.165, 1.54) is 70.6 Å². The van der Waals surface area contributed by atoms with Crippen LogP contribution in [-0.2, 0) is 65.4 Å². The molecule has 19 heteroatoms. The molecule has 0 aliphatic rings. The van der Waals surface area contributed by atoms with E-state index in [9.17, 15) is 43.2 Å². The second-order valence-corrected chi connectivity index (χ2v) is 27.1. The first kappa shape index (κ1) is 88.5. The normalized spacial score (nSPS) is 14.5. The zero-order chi connectivity index (χ0) is 67.5. The molecule has 0 aliphatic carbocycles. The number of hydrogen-bond donors (Lipinski definition) is 3. The molecule has 17 nitrogen and oxygen atoms in total. The molecule has 0 aromatic rings. The molecule has 0 amide bonds. The van der Waals surface area contributed by atoms with E-state index >= 15 is 0 Å². The van der Waals surface area contributed by atoms with Crippen LogP contribution in [0.5, 0.6) is 0 Å². The average molecular weight is 1340 g/mol. The monoisotopic (exact) mass is 1340 g/mol. The number of esters is 4. The minimum atomic E-state index is -4.97. The van der Waals surface area contributed by atoms with E-state index in [1.54, 1.807) is 0 Å². The summed E-state index contributed by atoms with van der Waals surface area (Å²) in [4.78, 5) is 72.6. The molecule has 0 spiro atoms. The lowest BCUT2D eigenvalue weighted by molar-refractivity contribution is -0.161. The maximum Gasteiger partial charge on any atom is 0.472 e. The van der Waals surface area contributed by atoms with Crippen LogP contribution in [-0.4, -0.2) is 96.7 Å². The van der Waals surface area contributed by atoms with Crippen molar-refractivity contribution in [1.29, 1.82) is 0 Å². The molecule has 5 atom stereocenters. The van der Waals surface area contributed by atoms with Gasteiger partial charge in [-0.15, -0.1) is 0 Å². The average Bonchev–Trinajstić information content (AvgIpc) is 2.93. The molecule has 0 aromatic heterocycles. The van der Waals surface area contributed by atoms with E-state index in [4.69, 9.17) is 37.0 Å². The van der Waals surface area contributed by atoms with Gasteiger partial charge in [0.1, 0.15) is 19.3 Å². The number of aliphatic hydroxyl groups excluding tert-OH is 1. The first-order chi connectivity index (χ1) is 44.7. The summed E-state index contributed by atoms with van der Waals surface area (Å²) in [6.45, 7) is 4.66. The van der Waals surface area contributed by atoms with Gasteiger partial charge in [-0.25, -0.2) is 9.13 Å². The molecule has 0 heterocycles. The largest absolute Gasteiger partial charge is 0.472 e. The third kappa shape index (κ3) is 65.2. The van der Waals surface area contributed by atoms with Crippen LogP contribution in [0.25, 0.3) is 0 Å². The van der Waals surface area contributed by atoms with Crippen molar-refractivity contribution in [1.82, 2.24) is 0 Å². The van der Waals surface area contributed by atoms with Crippen LogP contribution >= 0.6 is 15.6 Å². The number of aliphatic hydroxyl groups is 1. The van der Waals surface area contributed by atoms with Crippen LogP contribution in [0.1, 0.15) is 310 Å². The molecule has 534 valence electrons. The van der Waals surface area contributed by atoms with Crippen molar-refractivity contribution >= 4 is 39.5 Å². The highest BCUT2D eigenvalue weighted by Gasteiger charge is 2.30. The predicted octanol–water partition coefficient (Wildman–Crippen LogP) is 20.1. The molecule has 0 rings (SSSR count). The molecule has 0 bridgehead atoms. The molecule has 92 heavy (non-hydrogen) atoms. The maximum absolute atomic E-state index is 13.0. The van der Waals surface area contributed by atoms with E-state index in [1.807, 2.05) is 0 Å². The third-order valence-electron chi connectivity index (χ3n) is 15.2. The van der Waals surface area contributed by atoms with Gasteiger partial charge < -0.3 is 33.8 Å². The lowest BCUT2D eigenvalue weighted by Gasteiger charge is -2.21. The molecule has 0 fully saturated rings. The molecular formula is C73H130O17P2. The Hall–Kier alpha value is -3.50. The molecule has 0 saturated heterocycles. The lowest BCUT2D eigenvalue weighted by atomic mass is 10.1. The number of allylic oxidation sites excluding steroid dienone is 12. The Morgan fingerprint density at radius 1 is 0.315 bits per heavy atom. The van der Waals surface area contributed by atoms with Gasteiger partial charge in [0.2, 0.25) is 0 Å². The number of rotatable bonds is 68. The van der Waals surface area contributed by atoms with Gasteiger partial charge in [-0.1, -0.05) is 248 Å². The Morgan fingerprint density at radius 2 is 0.576 bits per heavy atom. The van der Waals surface area contributed by atoms with Crippen molar-refractivity contribution in [2.75, 3.05) is 39.6 Å².